The fraction of sp³-hybridized carbons (Fsp3) is 0.500. The zero-order valence-electron chi connectivity index (χ0n) is 10.4. The molecular formula is C12H20N4O. The minimum atomic E-state index is -0.311. The molecule has 1 aromatic rings. The van der Waals surface area contributed by atoms with E-state index in [2.05, 4.69) is 18.8 Å². The summed E-state index contributed by atoms with van der Waals surface area (Å²) in [5, 5.41) is 0. The summed E-state index contributed by atoms with van der Waals surface area (Å²) >= 11 is 0. The van der Waals surface area contributed by atoms with Crippen molar-refractivity contribution in [3.05, 3.63) is 23.9 Å². The minimum absolute atomic E-state index is 0.266. The van der Waals surface area contributed by atoms with Crippen molar-refractivity contribution in [3.63, 3.8) is 0 Å². The number of primary amides is 1. The number of nitrogens with two attached hydrogens (primary N) is 2. The monoisotopic (exact) mass is 236 g/mol. The van der Waals surface area contributed by atoms with E-state index in [1.54, 1.807) is 12.3 Å². The van der Waals surface area contributed by atoms with Gasteiger partial charge in [0.15, 0.2) is 0 Å². The molecule has 0 spiro atoms. The molecule has 0 aromatic carbocycles. The average Bonchev–Trinajstić information content (AvgIpc) is 2.19. The van der Waals surface area contributed by atoms with Gasteiger partial charge in [-0.05, 0) is 17.5 Å². The van der Waals surface area contributed by atoms with E-state index >= 15 is 0 Å². The first-order chi connectivity index (χ1) is 7.97. The van der Waals surface area contributed by atoms with E-state index in [0.717, 1.165) is 12.1 Å². The zero-order valence-corrected chi connectivity index (χ0v) is 10.4. The van der Waals surface area contributed by atoms with Crippen molar-refractivity contribution in [1.29, 1.82) is 0 Å². The Morgan fingerprint density at radius 2 is 2.18 bits per heavy atom. The molecule has 0 aliphatic carbocycles. The van der Waals surface area contributed by atoms with E-state index in [4.69, 9.17) is 11.5 Å². The van der Waals surface area contributed by atoms with E-state index in [0.29, 0.717) is 18.3 Å². The van der Waals surface area contributed by atoms with Gasteiger partial charge in [-0.2, -0.15) is 0 Å². The first-order valence-electron chi connectivity index (χ1n) is 5.68. The molecule has 5 heteroatoms. The normalized spacial score (nSPS) is 11.1. The molecule has 1 amide bonds. The quantitative estimate of drug-likeness (QED) is 0.757. The second kappa shape index (κ2) is 6.20. The zero-order chi connectivity index (χ0) is 12.8. The number of carbonyl (C=O) groups is 1. The average molecular weight is 236 g/mol. The Hall–Kier alpha value is -1.62. The Balaban J connectivity index is 2.64. The van der Waals surface area contributed by atoms with Crippen LogP contribution in [0, 0.1) is 5.92 Å². The predicted molar refractivity (Wildman–Crippen MR) is 68.0 cm³/mol. The van der Waals surface area contributed by atoms with Gasteiger partial charge in [-0.3, -0.25) is 9.69 Å². The molecule has 0 fully saturated rings. The lowest BCUT2D eigenvalue weighted by molar-refractivity contribution is -0.119. The topological polar surface area (TPSA) is 85.2 Å². The summed E-state index contributed by atoms with van der Waals surface area (Å²) in [7, 11) is 0. The van der Waals surface area contributed by atoms with Crippen LogP contribution >= 0.6 is 0 Å². The second-order valence-electron chi connectivity index (χ2n) is 4.62. The number of rotatable bonds is 6. The molecule has 5 nitrogen and oxygen atoms in total. The molecule has 0 saturated heterocycles. The van der Waals surface area contributed by atoms with Crippen molar-refractivity contribution in [3.8, 4) is 0 Å². The van der Waals surface area contributed by atoms with Crippen LogP contribution in [-0.2, 0) is 11.3 Å². The molecule has 0 atom stereocenters. The highest BCUT2D eigenvalue weighted by molar-refractivity contribution is 5.75. The van der Waals surface area contributed by atoms with Crippen LogP contribution in [0.3, 0.4) is 0 Å². The third-order valence-corrected chi connectivity index (χ3v) is 2.26. The first kappa shape index (κ1) is 13.4. The minimum Gasteiger partial charge on any atom is -0.384 e. The van der Waals surface area contributed by atoms with Crippen LogP contribution in [0.2, 0.25) is 0 Å². The lowest BCUT2D eigenvalue weighted by Crippen LogP contribution is -2.35. The maximum absolute atomic E-state index is 11.0. The summed E-state index contributed by atoms with van der Waals surface area (Å²) in [6.45, 7) is 5.97. The first-order valence-corrected chi connectivity index (χ1v) is 5.68. The molecule has 17 heavy (non-hydrogen) atoms. The molecule has 0 unspecified atom stereocenters. The number of nitrogens with zero attached hydrogens (tertiary/aromatic N) is 2. The number of carbonyl (C=O) groups excluding carboxylic acids is 1. The highest BCUT2D eigenvalue weighted by Crippen LogP contribution is 2.07. The van der Waals surface area contributed by atoms with Crippen molar-refractivity contribution in [2.75, 3.05) is 18.8 Å². The number of aromatic nitrogens is 1. The third-order valence-electron chi connectivity index (χ3n) is 2.26. The van der Waals surface area contributed by atoms with Gasteiger partial charge in [-0.1, -0.05) is 19.9 Å². The fourth-order valence-electron chi connectivity index (χ4n) is 1.71. The van der Waals surface area contributed by atoms with Crippen molar-refractivity contribution in [2.24, 2.45) is 11.7 Å². The number of hydrogen-bond acceptors (Lipinski definition) is 4. The Kier molecular flexibility index (Phi) is 4.90. The van der Waals surface area contributed by atoms with E-state index in [9.17, 15) is 4.79 Å². The lowest BCUT2D eigenvalue weighted by Gasteiger charge is -2.22. The number of nitrogen functional groups attached to an aromatic ring is 1. The van der Waals surface area contributed by atoms with Gasteiger partial charge in [0.1, 0.15) is 5.82 Å². The van der Waals surface area contributed by atoms with Gasteiger partial charge in [0.2, 0.25) is 5.91 Å². The molecule has 0 aliphatic rings. The Labute approximate surface area is 102 Å². The smallest absolute Gasteiger partial charge is 0.231 e. The maximum Gasteiger partial charge on any atom is 0.231 e. The molecule has 1 aromatic heterocycles. The number of anilines is 1. The Morgan fingerprint density at radius 3 is 2.65 bits per heavy atom. The summed E-state index contributed by atoms with van der Waals surface area (Å²) in [4.78, 5) is 17.0. The molecule has 0 bridgehead atoms. The fourth-order valence-corrected chi connectivity index (χ4v) is 1.71. The Morgan fingerprint density at radius 1 is 1.47 bits per heavy atom. The molecule has 1 rings (SSSR count). The lowest BCUT2D eigenvalue weighted by atomic mass is 10.2. The summed E-state index contributed by atoms with van der Waals surface area (Å²) < 4.78 is 0. The van der Waals surface area contributed by atoms with Gasteiger partial charge in [-0.25, -0.2) is 4.98 Å². The maximum atomic E-state index is 11.0. The van der Waals surface area contributed by atoms with Crippen molar-refractivity contribution in [2.45, 2.75) is 20.4 Å². The van der Waals surface area contributed by atoms with Gasteiger partial charge in [-0.15, -0.1) is 0 Å². The van der Waals surface area contributed by atoms with Crippen LogP contribution in [0.1, 0.15) is 19.4 Å². The highest BCUT2D eigenvalue weighted by atomic mass is 16.1. The number of amides is 1. The van der Waals surface area contributed by atoms with Crippen LogP contribution in [0.5, 0.6) is 0 Å². The second-order valence-corrected chi connectivity index (χ2v) is 4.62. The third kappa shape index (κ3) is 5.31. The predicted octanol–water partition coefficient (Wildman–Crippen LogP) is 0.607. The van der Waals surface area contributed by atoms with Crippen LogP contribution in [0.15, 0.2) is 18.3 Å². The Bertz CT molecular complexity index is 361. The summed E-state index contributed by atoms with van der Waals surface area (Å²) in [5.74, 6) is 0.671. The largest absolute Gasteiger partial charge is 0.384 e. The highest BCUT2D eigenvalue weighted by Gasteiger charge is 2.11. The summed E-state index contributed by atoms with van der Waals surface area (Å²) in [6.07, 6.45) is 1.73. The van der Waals surface area contributed by atoms with Crippen LogP contribution < -0.4 is 11.5 Å². The van der Waals surface area contributed by atoms with E-state index in [1.165, 1.54) is 0 Å². The standard InChI is InChI=1S/C12H20N4O/c1-9(2)6-16(8-12(14)17)7-10-3-4-11(13)15-5-10/h3-5,9H,6-8H2,1-2H3,(H2,13,15)(H2,14,17). The van der Waals surface area contributed by atoms with Crippen LogP contribution in [0.4, 0.5) is 5.82 Å². The van der Waals surface area contributed by atoms with Crippen molar-refractivity contribution >= 4 is 11.7 Å². The van der Waals surface area contributed by atoms with Gasteiger partial charge >= 0.3 is 0 Å². The van der Waals surface area contributed by atoms with Gasteiger partial charge in [0.05, 0.1) is 6.54 Å². The molecule has 0 saturated carbocycles. The number of pyridine rings is 1. The van der Waals surface area contributed by atoms with Gasteiger partial charge in [0.25, 0.3) is 0 Å². The molecule has 94 valence electrons. The van der Waals surface area contributed by atoms with Crippen molar-refractivity contribution < 1.29 is 4.79 Å². The molecule has 1 heterocycles. The molecule has 0 aliphatic heterocycles. The van der Waals surface area contributed by atoms with Gasteiger partial charge < -0.3 is 11.5 Å². The summed E-state index contributed by atoms with van der Waals surface area (Å²) in [6, 6.07) is 3.67. The molecular weight excluding hydrogens is 216 g/mol. The molecule has 4 N–H and O–H groups in total. The van der Waals surface area contributed by atoms with Crippen LogP contribution in [-0.4, -0.2) is 28.9 Å². The van der Waals surface area contributed by atoms with E-state index in [1.807, 2.05) is 11.0 Å². The van der Waals surface area contributed by atoms with Gasteiger partial charge in [0, 0.05) is 19.3 Å². The van der Waals surface area contributed by atoms with E-state index < -0.39 is 0 Å². The molecule has 0 radical (unpaired) electrons. The summed E-state index contributed by atoms with van der Waals surface area (Å²) in [5.41, 5.74) is 11.8. The van der Waals surface area contributed by atoms with Crippen molar-refractivity contribution in [1.82, 2.24) is 9.88 Å². The van der Waals surface area contributed by atoms with E-state index in [-0.39, 0.29) is 12.5 Å². The number of hydrogen-bond donors (Lipinski definition) is 2. The SMILES string of the molecule is CC(C)CN(CC(N)=O)Cc1ccc(N)nc1. The van der Waals surface area contributed by atoms with Crippen LogP contribution in [0.25, 0.3) is 0 Å².